The minimum absolute atomic E-state index is 0.0649. The molecule has 31 heavy (non-hydrogen) atoms. The highest BCUT2D eigenvalue weighted by Crippen LogP contribution is 2.30. The number of rotatable bonds is 3. The molecule has 162 valence electrons. The molecule has 0 bridgehead atoms. The first-order valence-electron chi connectivity index (χ1n) is 11.3. The van der Waals surface area contributed by atoms with Gasteiger partial charge in [0.2, 0.25) is 0 Å². The fourth-order valence-electron chi connectivity index (χ4n) is 4.93. The van der Waals surface area contributed by atoms with E-state index in [9.17, 15) is 9.59 Å². The van der Waals surface area contributed by atoms with Crippen LogP contribution in [-0.4, -0.2) is 47.5 Å². The van der Waals surface area contributed by atoms with Crippen molar-refractivity contribution in [1.29, 1.82) is 0 Å². The number of fused-ring (bicyclic) bond motifs is 1. The summed E-state index contributed by atoms with van der Waals surface area (Å²) in [6, 6.07) is 16.3. The van der Waals surface area contributed by atoms with Gasteiger partial charge < -0.3 is 19.9 Å². The Morgan fingerprint density at radius 1 is 0.871 bits per heavy atom. The van der Waals surface area contributed by atoms with Gasteiger partial charge in [-0.05, 0) is 60.4 Å². The predicted octanol–water partition coefficient (Wildman–Crippen LogP) is 4.12. The molecule has 1 N–H and O–H groups in total. The van der Waals surface area contributed by atoms with E-state index in [1.54, 1.807) is 0 Å². The third-order valence-electron chi connectivity index (χ3n) is 6.77. The molecule has 0 aromatic heterocycles. The number of likely N-dealkylation sites (tertiary alicyclic amines) is 1. The molecule has 3 aliphatic heterocycles. The smallest absolute Gasteiger partial charge is 0.322 e. The molecule has 0 aliphatic carbocycles. The first-order chi connectivity index (χ1) is 15.2. The molecule has 0 radical (unpaired) electrons. The lowest BCUT2D eigenvalue weighted by atomic mass is 9.89. The van der Waals surface area contributed by atoms with Gasteiger partial charge in [-0.25, -0.2) is 4.79 Å². The van der Waals surface area contributed by atoms with Crippen molar-refractivity contribution in [2.24, 2.45) is 0 Å². The fraction of sp³-hybridized carbons (Fsp3) is 0.440. The van der Waals surface area contributed by atoms with E-state index in [1.165, 1.54) is 16.7 Å². The second kappa shape index (κ2) is 8.71. The number of carbonyl (C=O) groups excluding carboxylic acids is 2. The molecule has 2 aromatic rings. The van der Waals surface area contributed by atoms with E-state index >= 15 is 0 Å². The third-order valence-corrected chi connectivity index (χ3v) is 6.77. The largest absolute Gasteiger partial charge is 0.368 e. The Bertz CT molecular complexity index is 920. The van der Waals surface area contributed by atoms with Crippen LogP contribution in [0.1, 0.15) is 48.3 Å². The molecule has 1 atom stereocenters. The normalized spacial score (nSPS) is 21.2. The van der Waals surface area contributed by atoms with Crippen LogP contribution in [0.15, 0.2) is 48.5 Å². The number of amides is 3. The van der Waals surface area contributed by atoms with Crippen LogP contribution in [0.2, 0.25) is 0 Å². The van der Waals surface area contributed by atoms with E-state index < -0.39 is 0 Å². The van der Waals surface area contributed by atoms with Gasteiger partial charge in [0.25, 0.3) is 5.91 Å². The van der Waals surface area contributed by atoms with E-state index in [-0.39, 0.29) is 18.0 Å². The third kappa shape index (κ3) is 4.30. The highest BCUT2D eigenvalue weighted by molar-refractivity contribution is 5.89. The van der Waals surface area contributed by atoms with Gasteiger partial charge in [0, 0.05) is 38.5 Å². The number of ether oxygens (including phenoxy) is 1. The summed E-state index contributed by atoms with van der Waals surface area (Å²) in [4.78, 5) is 29.0. The number of piperidine rings is 1. The highest BCUT2D eigenvalue weighted by Gasteiger charge is 2.31. The SMILES string of the molecule is O=C(Nc1ccc(C2CCN(C(=O)[C@@H]3CCCO3)CC2)cc1)N1Cc2ccccc2C1. The molecule has 3 heterocycles. The maximum absolute atomic E-state index is 12.6. The number of hydrogen-bond donors (Lipinski definition) is 1. The van der Waals surface area contributed by atoms with Crippen LogP contribution in [-0.2, 0) is 22.6 Å². The number of nitrogens with one attached hydrogen (secondary N) is 1. The molecule has 3 aliphatic rings. The Balaban J connectivity index is 1.13. The molecule has 6 nitrogen and oxygen atoms in total. The average molecular weight is 420 g/mol. The van der Waals surface area contributed by atoms with Crippen LogP contribution in [0.3, 0.4) is 0 Å². The molecular formula is C25H29N3O3. The second-order valence-electron chi connectivity index (χ2n) is 8.78. The van der Waals surface area contributed by atoms with Crippen molar-refractivity contribution in [2.45, 2.75) is 50.8 Å². The first kappa shape index (κ1) is 20.1. The van der Waals surface area contributed by atoms with Gasteiger partial charge in [-0.2, -0.15) is 0 Å². The summed E-state index contributed by atoms with van der Waals surface area (Å²) in [7, 11) is 0. The maximum atomic E-state index is 12.6. The van der Waals surface area contributed by atoms with Gasteiger partial charge in [0.15, 0.2) is 0 Å². The Kier molecular flexibility index (Phi) is 5.64. The summed E-state index contributed by atoms with van der Waals surface area (Å²) in [5.74, 6) is 0.615. The van der Waals surface area contributed by atoms with E-state index in [2.05, 4.69) is 29.6 Å². The number of urea groups is 1. The Morgan fingerprint density at radius 3 is 2.16 bits per heavy atom. The van der Waals surface area contributed by atoms with Crippen LogP contribution < -0.4 is 5.32 Å². The van der Waals surface area contributed by atoms with E-state index in [1.807, 2.05) is 34.1 Å². The van der Waals surface area contributed by atoms with Gasteiger partial charge in [-0.1, -0.05) is 36.4 Å². The number of carbonyl (C=O) groups is 2. The lowest BCUT2D eigenvalue weighted by Crippen LogP contribution is -2.43. The predicted molar refractivity (Wildman–Crippen MR) is 119 cm³/mol. The summed E-state index contributed by atoms with van der Waals surface area (Å²) in [6.45, 7) is 3.60. The number of hydrogen-bond acceptors (Lipinski definition) is 3. The van der Waals surface area contributed by atoms with Gasteiger partial charge in [-0.3, -0.25) is 4.79 Å². The van der Waals surface area contributed by atoms with Crippen LogP contribution >= 0.6 is 0 Å². The van der Waals surface area contributed by atoms with Gasteiger partial charge in [0.05, 0.1) is 0 Å². The van der Waals surface area contributed by atoms with Crippen LogP contribution in [0.25, 0.3) is 0 Å². The van der Waals surface area contributed by atoms with Crippen molar-refractivity contribution in [1.82, 2.24) is 9.80 Å². The molecule has 2 saturated heterocycles. The number of anilines is 1. The Morgan fingerprint density at radius 2 is 1.55 bits per heavy atom. The van der Waals surface area contributed by atoms with Crippen molar-refractivity contribution in [3.8, 4) is 0 Å². The van der Waals surface area contributed by atoms with Crippen molar-refractivity contribution in [3.63, 3.8) is 0 Å². The van der Waals surface area contributed by atoms with E-state index in [0.717, 1.165) is 44.5 Å². The minimum atomic E-state index is -0.220. The van der Waals surface area contributed by atoms with Crippen molar-refractivity contribution >= 4 is 17.6 Å². The molecule has 6 heteroatoms. The summed E-state index contributed by atoms with van der Waals surface area (Å²) in [5.41, 5.74) is 4.53. The molecular weight excluding hydrogens is 390 g/mol. The molecule has 0 unspecified atom stereocenters. The van der Waals surface area contributed by atoms with Crippen molar-refractivity contribution < 1.29 is 14.3 Å². The van der Waals surface area contributed by atoms with Crippen molar-refractivity contribution in [2.75, 3.05) is 25.0 Å². The van der Waals surface area contributed by atoms with Gasteiger partial charge >= 0.3 is 6.03 Å². The van der Waals surface area contributed by atoms with Gasteiger partial charge in [0.1, 0.15) is 6.10 Å². The Hall–Kier alpha value is -2.86. The molecule has 2 aromatic carbocycles. The zero-order chi connectivity index (χ0) is 21.2. The number of benzene rings is 2. The molecule has 3 amide bonds. The monoisotopic (exact) mass is 419 g/mol. The Labute approximate surface area is 183 Å². The summed E-state index contributed by atoms with van der Waals surface area (Å²) in [5, 5.41) is 3.02. The topological polar surface area (TPSA) is 61.9 Å². The van der Waals surface area contributed by atoms with E-state index in [4.69, 9.17) is 4.74 Å². The van der Waals surface area contributed by atoms with Crippen LogP contribution in [0.4, 0.5) is 10.5 Å². The zero-order valence-corrected chi connectivity index (χ0v) is 17.8. The van der Waals surface area contributed by atoms with Crippen molar-refractivity contribution in [3.05, 3.63) is 65.2 Å². The maximum Gasteiger partial charge on any atom is 0.322 e. The summed E-state index contributed by atoms with van der Waals surface area (Å²) in [6.07, 6.45) is 3.56. The molecule has 5 rings (SSSR count). The number of nitrogens with zero attached hydrogens (tertiary/aromatic N) is 2. The van der Waals surface area contributed by atoms with E-state index in [0.29, 0.717) is 25.6 Å². The second-order valence-corrected chi connectivity index (χ2v) is 8.78. The van der Waals surface area contributed by atoms with Crippen LogP contribution in [0, 0.1) is 0 Å². The summed E-state index contributed by atoms with van der Waals surface area (Å²) >= 11 is 0. The summed E-state index contributed by atoms with van der Waals surface area (Å²) < 4.78 is 5.55. The van der Waals surface area contributed by atoms with Gasteiger partial charge in [-0.15, -0.1) is 0 Å². The molecule has 0 saturated carbocycles. The average Bonchev–Trinajstić information content (AvgIpc) is 3.49. The fourth-order valence-corrected chi connectivity index (χ4v) is 4.93. The van der Waals surface area contributed by atoms with Crippen LogP contribution in [0.5, 0.6) is 0 Å². The minimum Gasteiger partial charge on any atom is -0.368 e. The quantitative estimate of drug-likeness (QED) is 0.814. The lowest BCUT2D eigenvalue weighted by molar-refractivity contribution is -0.142. The molecule has 0 spiro atoms. The lowest BCUT2D eigenvalue weighted by Gasteiger charge is -2.33. The molecule has 2 fully saturated rings. The highest BCUT2D eigenvalue weighted by atomic mass is 16.5. The standard InChI is InChI=1S/C25H29N3O3/c29-24(23-6-3-15-31-23)27-13-11-19(12-14-27)18-7-9-22(10-8-18)26-25(30)28-16-20-4-1-2-5-21(20)17-28/h1-2,4-5,7-10,19,23H,3,6,11-17H2,(H,26,30)/t23-/m0/s1. The first-order valence-corrected chi connectivity index (χ1v) is 11.3. The zero-order valence-electron chi connectivity index (χ0n) is 17.8.